The molecular weight excluding hydrogens is 354 g/mol. The number of aromatic nitrogens is 2. The van der Waals surface area contributed by atoms with E-state index in [0.29, 0.717) is 6.54 Å². The van der Waals surface area contributed by atoms with Crippen molar-refractivity contribution in [3.8, 4) is 5.75 Å². The van der Waals surface area contributed by atoms with Crippen LogP contribution in [0.2, 0.25) is 0 Å². The van der Waals surface area contributed by atoms with E-state index in [1.165, 1.54) is 0 Å². The first kappa shape index (κ1) is 19.4. The molecule has 0 amide bonds. The molecule has 0 radical (unpaired) electrons. The lowest BCUT2D eigenvalue weighted by atomic mass is 10.1. The number of hydrogen-bond acceptors (Lipinski definition) is 5. The van der Waals surface area contributed by atoms with Gasteiger partial charge in [-0.2, -0.15) is 0 Å². The predicted molar refractivity (Wildman–Crippen MR) is 108 cm³/mol. The molecule has 2 heterocycles. The van der Waals surface area contributed by atoms with Gasteiger partial charge in [0.2, 0.25) is 0 Å². The van der Waals surface area contributed by atoms with Crippen LogP contribution in [0.5, 0.6) is 5.75 Å². The third kappa shape index (κ3) is 4.28. The second-order valence-corrected chi connectivity index (χ2v) is 6.71. The highest BCUT2D eigenvalue weighted by Crippen LogP contribution is 2.32. The molecule has 1 aromatic carbocycles. The van der Waals surface area contributed by atoms with Gasteiger partial charge in [-0.15, -0.1) is 0 Å². The number of carboxylic acids is 1. The van der Waals surface area contributed by atoms with Crippen molar-refractivity contribution in [2.75, 3.05) is 12.0 Å². The zero-order chi connectivity index (χ0) is 20.1. The summed E-state index contributed by atoms with van der Waals surface area (Å²) in [6.07, 6.45) is 3.52. The van der Waals surface area contributed by atoms with Crippen LogP contribution in [0.4, 0.5) is 11.5 Å². The standard InChI is InChI=1S/C22H23N3O3/c1-15(2)21-19(28-3)9-10-20(24-21)25(14-16-6-5-11-23-13-16)18-8-4-7-17(12-18)22(26)27/h4-13,15H,14H2,1-3H3,(H,26,27). The number of ether oxygens (including phenoxy) is 1. The van der Waals surface area contributed by atoms with Gasteiger partial charge in [-0.05, 0) is 47.9 Å². The Morgan fingerprint density at radius 2 is 2.00 bits per heavy atom. The van der Waals surface area contributed by atoms with Crippen LogP contribution in [0.3, 0.4) is 0 Å². The largest absolute Gasteiger partial charge is 0.495 e. The lowest BCUT2D eigenvalue weighted by molar-refractivity contribution is 0.0697. The van der Waals surface area contributed by atoms with Crippen LogP contribution in [0, 0.1) is 0 Å². The van der Waals surface area contributed by atoms with Gasteiger partial charge in [0.25, 0.3) is 0 Å². The quantitative estimate of drug-likeness (QED) is 0.646. The Hall–Kier alpha value is -3.41. The number of carbonyl (C=O) groups is 1. The molecule has 3 rings (SSSR count). The van der Waals surface area contributed by atoms with Crippen molar-refractivity contribution in [1.82, 2.24) is 9.97 Å². The first-order valence-corrected chi connectivity index (χ1v) is 9.04. The first-order valence-electron chi connectivity index (χ1n) is 9.04. The van der Waals surface area contributed by atoms with E-state index in [1.807, 2.05) is 35.2 Å². The van der Waals surface area contributed by atoms with Crippen molar-refractivity contribution in [3.63, 3.8) is 0 Å². The number of anilines is 2. The average molecular weight is 377 g/mol. The Morgan fingerprint density at radius 3 is 2.64 bits per heavy atom. The first-order chi connectivity index (χ1) is 13.5. The van der Waals surface area contributed by atoms with Crippen LogP contribution in [0.15, 0.2) is 60.9 Å². The van der Waals surface area contributed by atoms with Crippen molar-refractivity contribution in [3.05, 3.63) is 77.7 Å². The molecular formula is C22H23N3O3. The number of pyridine rings is 2. The number of methoxy groups -OCH3 is 1. The fourth-order valence-corrected chi connectivity index (χ4v) is 2.97. The van der Waals surface area contributed by atoms with Gasteiger partial charge in [-0.3, -0.25) is 4.98 Å². The van der Waals surface area contributed by atoms with E-state index in [4.69, 9.17) is 9.72 Å². The van der Waals surface area contributed by atoms with Crippen molar-refractivity contribution >= 4 is 17.5 Å². The van der Waals surface area contributed by atoms with E-state index < -0.39 is 5.97 Å². The van der Waals surface area contributed by atoms with E-state index in [9.17, 15) is 9.90 Å². The van der Waals surface area contributed by atoms with Crippen molar-refractivity contribution in [2.24, 2.45) is 0 Å². The molecule has 0 aliphatic carbocycles. The molecule has 0 bridgehead atoms. The number of nitrogens with zero attached hydrogens (tertiary/aromatic N) is 3. The summed E-state index contributed by atoms with van der Waals surface area (Å²) in [6.45, 7) is 4.63. The van der Waals surface area contributed by atoms with Crippen LogP contribution < -0.4 is 9.64 Å². The zero-order valence-corrected chi connectivity index (χ0v) is 16.2. The molecule has 0 atom stereocenters. The maximum Gasteiger partial charge on any atom is 0.335 e. The Balaban J connectivity index is 2.10. The minimum absolute atomic E-state index is 0.181. The molecule has 0 unspecified atom stereocenters. The molecule has 3 aromatic rings. The highest BCUT2D eigenvalue weighted by Gasteiger charge is 2.17. The number of rotatable bonds is 7. The van der Waals surface area contributed by atoms with Crippen molar-refractivity contribution < 1.29 is 14.6 Å². The summed E-state index contributed by atoms with van der Waals surface area (Å²) >= 11 is 0. The second kappa shape index (κ2) is 8.52. The molecule has 0 aliphatic rings. The van der Waals surface area contributed by atoms with E-state index in [2.05, 4.69) is 18.8 Å². The Labute approximate surface area is 164 Å². The van der Waals surface area contributed by atoms with Crippen LogP contribution in [-0.4, -0.2) is 28.2 Å². The van der Waals surface area contributed by atoms with Gasteiger partial charge in [0.05, 0.1) is 24.9 Å². The van der Waals surface area contributed by atoms with E-state index >= 15 is 0 Å². The number of hydrogen-bond donors (Lipinski definition) is 1. The Morgan fingerprint density at radius 1 is 1.18 bits per heavy atom. The van der Waals surface area contributed by atoms with Gasteiger partial charge in [-0.25, -0.2) is 9.78 Å². The fraction of sp³-hybridized carbons (Fsp3) is 0.227. The van der Waals surface area contributed by atoms with E-state index in [1.54, 1.807) is 37.7 Å². The van der Waals surface area contributed by atoms with Gasteiger partial charge in [0.15, 0.2) is 0 Å². The molecule has 0 spiro atoms. The Kier molecular flexibility index (Phi) is 5.89. The molecule has 6 nitrogen and oxygen atoms in total. The second-order valence-electron chi connectivity index (χ2n) is 6.71. The van der Waals surface area contributed by atoms with Crippen LogP contribution >= 0.6 is 0 Å². The van der Waals surface area contributed by atoms with Gasteiger partial charge < -0.3 is 14.7 Å². The average Bonchev–Trinajstić information content (AvgIpc) is 2.72. The maximum atomic E-state index is 11.4. The van der Waals surface area contributed by atoms with E-state index in [-0.39, 0.29) is 11.5 Å². The summed E-state index contributed by atoms with van der Waals surface area (Å²) in [5.41, 5.74) is 2.82. The highest BCUT2D eigenvalue weighted by molar-refractivity contribution is 5.89. The van der Waals surface area contributed by atoms with Gasteiger partial charge in [0.1, 0.15) is 11.6 Å². The molecule has 2 aromatic heterocycles. The summed E-state index contributed by atoms with van der Waals surface area (Å²) in [5, 5.41) is 9.38. The lowest BCUT2D eigenvalue weighted by Gasteiger charge is -2.26. The molecule has 1 N–H and O–H groups in total. The minimum Gasteiger partial charge on any atom is -0.495 e. The minimum atomic E-state index is -0.964. The van der Waals surface area contributed by atoms with Gasteiger partial charge >= 0.3 is 5.97 Å². The van der Waals surface area contributed by atoms with Crippen molar-refractivity contribution in [1.29, 1.82) is 0 Å². The smallest absolute Gasteiger partial charge is 0.335 e. The molecule has 144 valence electrons. The summed E-state index contributed by atoms with van der Waals surface area (Å²) < 4.78 is 5.45. The fourth-order valence-electron chi connectivity index (χ4n) is 2.97. The molecule has 28 heavy (non-hydrogen) atoms. The summed E-state index contributed by atoms with van der Waals surface area (Å²) in [5.74, 6) is 0.671. The topological polar surface area (TPSA) is 75.5 Å². The summed E-state index contributed by atoms with van der Waals surface area (Å²) in [6, 6.07) is 14.5. The molecule has 6 heteroatoms. The molecule has 0 saturated carbocycles. The zero-order valence-electron chi connectivity index (χ0n) is 16.2. The monoisotopic (exact) mass is 377 g/mol. The third-order valence-electron chi connectivity index (χ3n) is 4.38. The predicted octanol–water partition coefficient (Wildman–Crippen LogP) is 4.65. The van der Waals surface area contributed by atoms with Crippen molar-refractivity contribution in [2.45, 2.75) is 26.3 Å². The van der Waals surface area contributed by atoms with Crippen LogP contribution in [0.25, 0.3) is 0 Å². The van der Waals surface area contributed by atoms with Crippen LogP contribution in [-0.2, 0) is 6.54 Å². The third-order valence-corrected chi connectivity index (χ3v) is 4.38. The molecule has 0 aliphatic heterocycles. The number of aromatic carboxylic acids is 1. The highest BCUT2D eigenvalue weighted by atomic mass is 16.5. The normalized spacial score (nSPS) is 10.7. The summed E-state index contributed by atoms with van der Waals surface area (Å²) in [4.78, 5) is 22.4. The maximum absolute atomic E-state index is 11.4. The lowest BCUT2D eigenvalue weighted by Crippen LogP contribution is -2.19. The molecule has 0 saturated heterocycles. The SMILES string of the molecule is COc1ccc(N(Cc2cccnc2)c2cccc(C(=O)O)c2)nc1C(C)C. The van der Waals surface area contributed by atoms with Gasteiger partial charge in [-0.1, -0.05) is 26.0 Å². The Bertz CT molecular complexity index is 958. The molecule has 0 fully saturated rings. The van der Waals surface area contributed by atoms with Gasteiger partial charge in [0, 0.05) is 18.1 Å². The number of benzene rings is 1. The summed E-state index contributed by atoms with van der Waals surface area (Å²) in [7, 11) is 1.63. The van der Waals surface area contributed by atoms with Crippen LogP contribution in [0.1, 0.15) is 41.4 Å². The number of carboxylic acid groups (broad SMARTS) is 1. The van der Waals surface area contributed by atoms with E-state index in [0.717, 1.165) is 28.5 Å².